The molecule has 0 aromatic heterocycles. The van der Waals surface area contributed by atoms with E-state index in [4.69, 9.17) is 0 Å². The summed E-state index contributed by atoms with van der Waals surface area (Å²) >= 11 is 0. The van der Waals surface area contributed by atoms with Crippen molar-refractivity contribution in [3.05, 3.63) is 0 Å². The Bertz CT molecular complexity index is 168. The van der Waals surface area contributed by atoms with E-state index in [0.29, 0.717) is 0 Å². The van der Waals surface area contributed by atoms with Gasteiger partial charge >= 0.3 is 0 Å². The zero-order valence-electron chi connectivity index (χ0n) is 6.91. The van der Waals surface area contributed by atoms with Gasteiger partial charge in [0.25, 0.3) is 5.92 Å². The minimum Gasteiger partial charge on any atom is -0.311 e. The maximum Gasteiger partial charge on any atom is 0.260 e. The summed E-state index contributed by atoms with van der Waals surface area (Å²) in [6.45, 7) is 0.692. The van der Waals surface area contributed by atoms with Crippen LogP contribution in [-0.4, -0.2) is 19.0 Å². The van der Waals surface area contributed by atoms with Crippen molar-refractivity contribution >= 4 is 12.4 Å². The van der Waals surface area contributed by atoms with Gasteiger partial charge in [0, 0.05) is 13.0 Å². The van der Waals surface area contributed by atoms with E-state index in [0.717, 1.165) is 25.8 Å². The first kappa shape index (κ1) is 10.2. The number of nitrogens with one attached hydrogen (secondary N) is 1. The van der Waals surface area contributed by atoms with E-state index in [1.165, 1.54) is 0 Å². The highest BCUT2D eigenvalue weighted by atomic mass is 35.5. The average Bonchev–Trinajstić information content (AvgIpc) is 1.82. The number of hydrogen-bond donors (Lipinski definition) is 1. The van der Waals surface area contributed by atoms with Crippen LogP contribution < -0.4 is 5.32 Å². The van der Waals surface area contributed by atoms with Gasteiger partial charge in [0.2, 0.25) is 0 Å². The molecule has 1 spiro atoms. The van der Waals surface area contributed by atoms with E-state index in [1.54, 1.807) is 0 Å². The van der Waals surface area contributed by atoms with Crippen molar-refractivity contribution in [1.82, 2.24) is 5.32 Å². The first-order chi connectivity index (χ1) is 5.12. The molecule has 1 saturated carbocycles. The largest absolute Gasteiger partial charge is 0.311 e. The molecule has 72 valence electrons. The Morgan fingerprint density at radius 2 is 1.75 bits per heavy atom. The highest BCUT2D eigenvalue weighted by Gasteiger charge is 2.48. The summed E-state index contributed by atoms with van der Waals surface area (Å²) < 4.78 is 25.7. The highest BCUT2D eigenvalue weighted by molar-refractivity contribution is 5.85. The summed E-state index contributed by atoms with van der Waals surface area (Å²) in [6, 6.07) is 0. The third-order valence-electron chi connectivity index (χ3n) is 2.93. The topological polar surface area (TPSA) is 12.0 Å². The molecular formula is C8H14ClF2N. The van der Waals surface area contributed by atoms with Crippen LogP contribution in [0.5, 0.6) is 0 Å². The van der Waals surface area contributed by atoms with E-state index in [2.05, 4.69) is 5.32 Å². The Labute approximate surface area is 77.3 Å². The number of piperidine rings is 1. The molecule has 1 aliphatic heterocycles. The predicted molar refractivity (Wildman–Crippen MR) is 46.0 cm³/mol. The Morgan fingerprint density at radius 1 is 1.08 bits per heavy atom. The minimum absolute atomic E-state index is 0. The van der Waals surface area contributed by atoms with Crippen LogP contribution in [0.1, 0.15) is 25.7 Å². The minimum atomic E-state index is -2.45. The number of rotatable bonds is 0. The van der Waals surface area contributed by atoms with Gasteiger partial charge in [-0.3, -0.25) is 0 Å². The van der Waals surface area contributed by atoms with Crippen LogP contribution in [-0.2, 0) is 0 Å². The molecule has 1 aliphatic carbocycles. The smallest absolute Gasteiger partial charge is 0.260 e. The Balaban J connectivity index is 0.000000720. The van der Waals surface area contributed by atoms with Crippen molar-refractivity contribution in [2.45, 2.75) is 31.6 Å². The fourth-order valence-electron chi connectivity index (χ4n) is 2.21. The summed E-state index contributed by atoms with van der Waals surface area (Å²) in [6.07, 6.45) is 3.25. The molecule has 1 heterocycles. The third kappa shape index (κ3) is 1.72. The molecule has 1 nitrogen and oxygen atoms in total. The molecule has 2 fully saturated rings. The second-order valence-corrected chi connectivity index (χ2v) is 3.99. The van der Waals surface area contributed by atoms with Crippen LogP contribution in [0.4, 0.5) is 8.78 Å². The van der Waals surface area contributed by atoms with Gasteiger partial charge in [-0.1, -0.05) is 6.42 Å². The lowest BCUT2D eigenvalue weighted by Gasteiger charge is -2.47. The fourth-order valence-corrected chi connectivity index (χ4v) is 2.21. The summed E-state index contributed by atoms with van der Waals surface area (Å²) in [5.74, 6) is -2.45. The van der Waals surface area contributed by atoms with E-state index in [1.807, 2.05) is 0 Å². The van der Waals surface area contributed by atoms with Crippen LogP contribution in [0.3, 0.4) is 0 Å². The fraction of sp³-hybridized carbons (Fsp3) is 1.00. The van der Waals surface area contributed by atoms with Gasteiger partial charge in [-0.25, -0.2) is 8.78 Å². The third-order valence-corrected chi connectivity index (χ3v) is 2.93. The zero-order chi connectivity index (χ0) is 7.95. The van der Waals surface area contributed by atoms with Gasteiger partial charge in [0.1, 0.15) is 0 Å². The van der Waals surface area contributed by atoms with Gasteiger partial charge in [-0.15, -0.1) is 12.4 Å². The summed E-state index contributed by atoms with van der Waals surface area (Å²) in [7, 11) is 0. The SMILES string of the molecule is Cl.FC1(F)CNCC2(CCC2)C1. The molecule has 2 rings (SSSR count). The van der Waals surface area contributed by atoms with Crippen LogP contribution in [0, 0.1) is 5.41 Å². The molecule has 0 radical (unpaired) electrons. The van der Waals surface area contributed by atoms with Crippen molar-refractivity contribution < 1.29 is 8.78 Å². The second kappa shape index (κ2) is 3.11. The molecule has 2 aliphatic rings. The normalized spacial score (nSPS) is 30.5. The van der Waals surface area contributed by atoms with Crippen LogP contribution in [0.25, 0.3) is 0 Å². The number of hydrogen-bond acceptors (Lipinski definition) is 1. The number of halogens is 3. The molecule has 0 atom stereocenters. The van der Waals surface area contributed by atoms with Gasteiger partial charge in [-0.2, -0.15) is 0 Å². The zero-order valence-corrected chi connectivity index (χ0v) is 7.72. The highest BCUT2D eigenvalue weighted by Crippen LogP contribution is 2.49. The maximum atomic E-state index is 12.9. The summed E-state index contributed by atoms with van der Waals surface area (Å²) in [5, 5.41) is 2.82. The Kier molecular flexibility index (Phi) is 2.64. The van der Waals surface area contributed by atoms with Crippen LogP contribution >= 0.6 is 12.4 Å². The van der Waals surface area contributed by atoms with Crippen molar-refractivity contribution in [1.29, 1.82) is 0 Å². The molecule has 1 N–H and O–H groups in total. The first-order valence-corrected chi connectivity index (χ1v) is 4.21. The number of alkyl halides is 2. The molecular weight excluding hydrogens is 184 g/mol. The van der Waals surface area contributed by atoms with Gasteiger partial charge in [0.05, 0.1) is 6.54 Å². The van der Waals surface area contributed by atoms with Gasteiger partial charge in [0.15, 0.2) is 0 Å². The van der Waals surface area contributed by atoms with Crippen molar-refractivity contribution in [3.63, 3.8) is 0 Å². The molecule has 0 unspecified atom stereocenters. The Morgan fingerprint density at radius 3 is 2.08 bits per heavy atom. The van der Waals surface area contributed by atoms with Crippen LogP contribution in [0.15, 0.2) is 0 Å². The molecule has 12 heavy (non-hydrogen) atoms. The molecule has 4 heteroatoms. The molecule has 0 bridgehead atoms. The average molecular weight is 198 g/mol. The maximum absolute atomic E-state index is 12.9. The molecule has 0 aromatic carbocycles. The quantitative estimate of drug-likeness (QED) is 0.628. The van der Waals surface area contributed by atoms with Gasteiger partial charge < -0.3 is 5.32 Å². The Hall–Kier alpha value is 0.110. The second-order valence-electron chi connectivity index (χ2n) is 3.99. The standard InChI is InChI=1S/C8H13F2N.ClH/c9-8(10)4-7(2-1-3-7)5-11-6-8;/h11H,1-6H2;1H. The van der Waals surface area contributed by atoms with E-state index in [9.17, 15) is 8.78 Å². The van der Waals surface area contributed by atoms with E-state index >= 15 is 0 Å². The summed E-state index contributed by atoms with van der Waals surface area (Å²) in [4.78, 5) is 0. The monoisotopic (exact) mass is 197 g/mol. The van der Waals surface area contributed by atoms with Gasteiger partial charge in [-0.05, 0) is 18.3 Å². The predicted octanol–water partition coefficient (Wildman–Crippen LogP) is 2.21. The lowest BCUT2D eigenvalue weighted by atomic mass is 9.64. The van der Waals surface area contributed by atoms with E-state index < -0.39 is 5.92 Å². The lowest BCUT2D eigenvalue weighted by Crippen LogP contribution is -2.53. The van der Waals surface area contributed by atoms with Crippen molar-refractivity contribution in [3.8, 4) is 0 Å². The van der Waals surface area contributed by atoms with Crippen LogP contribution in [0.2, 0.25) is 0 Å². The van der Waals surface area contributed by atoms with Crippen molar-refractivity contribution in [2.75, 3.05) is 13.1 Å². The van der Waals surface area contributed by atoms with Crippen molar-refractivity contribution in [2.24, 2.45) is 5.41 Å². The lowest BCUT2D eigenvalue weighted by molar-refractivity contribution is -0.0929. The first-order valence-electron chi connectivity index (χ1n) is 4.21. The summed E-state index contributed by atoms with van der Waals surface area (Å²) in [5.41, 5.74) is -0.0260. The molecule has 1 saturated heterocycles. The molecule has 0 amide bonds. The molecule has 0 aromatic rings. The van der Waals surface area contributed by atoms with E-state index in [-0.39, 0.29) is 30.8 Å².